The van der Waals surface area contributed by atoms with E-state index in [1.165, 1.54) is 18.3 Å². The number of aromatic hydroxyl groups is 1. The van der Waals surface area contributed by atoms with Gasteiger partial charge in [0.05, 0.1) is 5.54 Å². The lowest BCUT2D eigenvalue weighted by Crippen LogP contribution is -2.41. The molecule has 1 aromatic carbocycles. The minimum Gasteiger partial charge on any atom is -0.508 e. The molecule has 138 valence electrons. The normalized spacial score (nSPS) is 12.3. The van der Waals surface area contributed by atoms with Crippen molar-refractivity contribution in [3.63, 3.8) is 0 Å². The zero-order chi connectivity index (χ0) is 19.3. The number of nitrogens with one attached hydrogen (secondary N) is 2. The minimum absolute atomic E-state index is 0.0525. The van der Waals surface area contributed by atoms with Crippen LogP contribution in [0.15, 0.2) is 49.2 Å². The summed E-state index contributed by atoms with van der Waals surface area (Å²) in [5.41, 5.74) is 0.682. The van der Waals surface area contributed by atoms with Gasteiger partial charge in [0, 0.05) is 23.3 Å². The molecule has 26 heavy (non-hydrogen) atoms. The lowest BCUT2D eigenvalue weighted by molar-refractivity contribution is 0.0922. The van der Waals surface area contributed by atoms with Crippen LogP contribution in [-0.2, 0) is 6.42 Å². The molecule has 1 atom stereocenters. The molecular formula is C19H22ClN3O3. The Kier molecular flexibility index (Phi) is 6.23. The number of carbonyl (C=O) groups excluding carboxylic acids is 1. The first-order chi connectivity index (χ1) is 12.2. The molecule has 0 saturated carbocycles. The lowest BCUT2D eigenvalue weighted by Gasteiger charge is -2.21. The maximum Gasteiger partial charge on any atom is 0.270 e. The summed E-state index contributed by atoms with van der Waals surface area (Å²) in [6, 6.07) is 7.80. The van der Waals surface area contributed by atoms with Crippen molar-refractivity contribution in [2.24, 2.45) is 0 Å². The smallest absolute Gasteiger partial charge is 0.270 e. The average molecular weight is 376 g/mol. The molecule has 6 nitrogen and oxygen atoms in total. The summed E-state index contributed by atoms with van der Waals surface area (Å²) in [6.07, 6.45) is 2.26. The number of pyridine rings is 1. The quantitative estimate of drug-likeness (QED) is 0.440. The van der Waals surface area contributed by atoms with Crippen molar-refractivity contribution in [1.29, 1.82) is 0 Å². The number of phenols is 1. The molecule has 0 bridgehead atoms. The molecule has 1 amide bonds. The fourth-order valence-electron chi connectivity index (χ4n) is 2.22. The first kappa shape index (κ1) is 19.8. The second kappa shape index (κ2) is 8.21. The van der Waals surface area contributed by atoms with Gasteiger partial charge in [0.2, 0.25) is 0 Å². The summed E-state index contributed by atoms with van der Waals surface area (Å²) in [5, 5.41) is 26.2. The van der Waals surface area contributed by atoms with Crippen molar-refractivity contribution in [2.45, 2.75) is 32.0 Å². The molecule has 0 aliphatic heterocycles. The molecular weight excluding hydrogens is 354 g/mol. The maximum absolute atomic E-state index is 12.3. The number of nitrogens with zero attached hydrogens (tertiary/aromatic N) is 1. The van der Waals surface area contributed by atoms with E-state index in [1.807, 2.05) is 13.8 Å². The van der Waals surface area contributed by atoms with Gasteiger partial charge < -0.3 is 20.8 Å². The monoisotopic (exact) mass is 375 g/mol. The molecule has 2 aromatic rings. The molecule has 1 heterocycles. The zero-order valence-electron chi connectivity index (χ0n) is 14.7. The van der Waals surface area contributed by atoms with Gasteiger partial charge in [-0.2, -0.15) is 0 Å². The number of hydrogen-bond donors (Lipinski definition) is 4. The Morgan fingerprint density at radius 3 is 2.81 bits per heavy atom. The van der Waals surface area contributed by atoms with Gasteiger partial charge in [-0.3, -0.25) is 9.78 Å². The van der Waals surface area contributed by atoms with Crippen LogP contribution in [0.3, 0.4) is 0 Å². The molecule has 0 fully saturated rings. The molecule has 7 heteroatoms. The highest BCUT2D eigenvalue weighted by Crippen LogP contribution is 2.23. The van der Waals surface area contributed by atoms with Gasteiger partial charge in [-0.05, 0) is 49.7 Å². The summed E-state index contributed by atoms with van der Waals surface area (Å²) in [7, 11) is 0. The lowest BCUT2D eigenvalue weighted by atomic mass is 10.1. The molecule has 0 aliphatic carbocycles. The topological polar surface area (TPSA) is 94.5 Å². The number of rotatable bonds is 7. The fraction of sp³-hybridized carbons (Fsp3) is 0.263. The number of benzene rings is 1. The Labute approximate surface area is 157 Å². The van der Waals surface area contributed by atoms with E-state index in [-0.39, 0.29) is 23.8 Å². The molecule has 0 spiro atoms. The first-order valence-electron chi connectivity index (χ1n) is 8.04. The van der Waals surface area contributed by atoms with Crippen LogP contribution in [0.25, 0.3) is 0 Å². The minimum atomic E-state index is -0.984. The van der Waals surface area contributed by atoms with Crippen LogP contribution in [0.4, 0.5) is 5.69 Å². The highest BCUT2D eigenvalue weighted by atomic mass is 35.5. The number of halogens is 1. The largest absolute Gasteiger partial charge is 0.508 e. The zero-order valence-corrected chi connectivity index (χ0v) is 15.4. The van der Waals surface area contributed by atoms with E-state index in [0.717, 1.165) is 0 Å². The third kappa shape index (κ3) is 5.47. The predicted molar refractivity (Wildman–Crippen MR) is 102 cm³/mol. The van der Waals surface area contributed by atoms with Gasteiger partial charge in [-0.1, -0.05) is 17.7 Å². The van der Waals surface area contributed by atoms with E-state index in [0.29, 0.717) is 16.3 Å². The summed E-state index contributed by atoms with van der Waals surface area (Å²) in [4.78, 5) is 16.3. The Morgan fingerprint density at radius 2 is 2.12 bits per heavy atom. The van der Waals surface area contributed by atoms with E-state index in [9.17, 15) is 15.0 Å². The Balaban J connectivity index is 2.07. The third-order valence-corrected chi connectivity index (χ3v) is 3.96. The van der Waals surface area contributed by atoms with Crippen LogP contribution in [0.2, 0.25) is 5.02 Å². The van der Waals surface area contributed by atoms with Gasteiger partial charge >= 0.3 is 0 Å². The first-order valence-corrected chi connectivity index (χ1v) is 8.42. The molecule has 0 aliphatic rings. The summed E-state index contributed by atoms with van der Waals surface area (Å²) in [6.45, 7) is 7.32. The molecule has 4 N–H and O–H groups in total. The number of carbonyl (C=O) groups is 1. The van der Waals surface area contributed by atoms with E-state index >= 15 is 0 Å². The summed E-state index contributed by atoms with van der Waals surface area (Å²) < 4.78 is 0. The van der Waals surface area contributed by atoms with Crippen LogP contribution in [0.5, 0.6) is 5.75 Å². The summed E-state index contributed by atoms with van der Waals surface area (Å²) >= 11 is 5.91. The number of aliphatic hydroxyl groups excluding tert-OH is 1. The molecule has 0 radical (unpaired) electrons. The Morgan fingerprint density at radius 1 is 1.38 bits per heavy atom. The van der Waals surface area contributed by atoms with Gasteiger partial charge in [-0.25, -0.2) is 0 Å². The summed E-state index contributed by atoms with van der Waals surface area (Å²) in [5.74, 6) is -0.294. The van der Waals surface area contributed by atoms with Gasteiger partial charge in [0.25, 0.3) is 5.91 Å². The van der Waals surface area contributed by atoms with Gasteiger partial charge in [-0.15, -0.1) is 6.58 Å². The fourth-order valence-corrected chi connectivity index (χ4v) is 2.42. The standard InChI is InChI=1S/C19H22ClN3O3/c1-4-19(2,3)23-18(26)15-11-14(7-8-21-15)22-17(25)10-12-9-13(20)5-6-16(12)24/h4-9,11,17,24-25H,1,10H2,2-3H3,(H,21,22)(H,23,26). The molecule has 1 aromatic heterocycles. The van der Waals surface area contributed by atoms with Crippen LogP contribution in [0, 0.1) is 0 Å². The second-order valence-electron chi connectivity index (χ2n) is 6.45. The number of aromatic nitrogens is 1. The maximum atomic E-state index is 12.3. The van der Waals surface area contributed by atoms with Crippen molar-refractivity contribution in [3.05, 3.63) is 65.5 Å². The average Bonchev–Trinajstić information content (AvgIpc) is 2.58. The van der Waals surface area contributed by atoms with Crippen LogP contribution < -0.4 is 10.6 Å². The van der Waals surface area contributed by atoms with Crippen molar-refractivity contribution in [3.8, 4) is 5.75 Å². The molecule has 1 unspecified atom stereocenters. The van der Waals surface area contributed by atoms with Crippen LogP contribution >= 0.6 is 11.6 Å². The van der Waals surface area contributed by atoms with Crippen LogP contribution in [0.1, 0.15) is 29.9 Å². The molecule has 2 rings (SSSR count). The highest BCUT2D eigenvalue weighted by Gasteiger charge is 2.18. The number of aliphatic hydroxyl groups is 1. The van der Waals surface area contributed by atoms with Crippen molar-refractivity contribution >= 4 is 23.2 Å². The number of phenolic OH excluding ortho intramolecular Hbond substituents is 1. The number of hydrogen-bond acceptors (Lipinski definition) is 5. The van der Waals surface area contributed by atoms with E-state index in [2.05, 4.69) is 22.2 Å². The van der Waals surface area contributed by atoms with E-state index in [4.69, 9.17) is 11.6 Å². The van der Waals surface area contributed by atoms with Crippen LogP contribution in [-0.4, -0.2) is 32.9 Å². The second-order valence-corrected chi connectivity index (χ2v) is 6.88. The molecule has 0 saturated heterocycles. The third-order valence-electron chi connectivity index (χ3n) is 3.73. The van der Waals surface area contributed by atoms with E-state index in [1.54, 1.807) is 24.3 Å². The van der Waals surface area contributed by atoms with Crippen molar-refractivity contribution in [1.82, 2.24) is 10.3 Å². The van der Waals surface area contributed by atoms with Gasteiger partial charge in [0.15, 0.2) is 0 Å². The Hall–Kier alpha value is -2.57. The van der Waals surface area contributed by atoms with Crippen molar-refractivity contribution in [2.75, 3.05) is 5.32 Å². The number of anilines is 1. The number of amides is 1. The Bertz CT molecular complexity index is 808. The highest BCUT2D eigenvalue weighted by molar-refractivity contribution is 6.30. The van der Waals surface area contributed by atoms with Gasteiger partial charge in [0.1, 0.15) is 17.7 Å². The van der Waals surface area contributed by atoms with E-state index < -0.39 is 11.8 Å². The van der Waals surface area contributed by atoms with Crippen molar-refractivity contribution < 1.29 is 15.0 Å². The predicted octanol–water partition coefficient (Wildman–Crippen LogP) is 3.11. The SMILES string of the molecule is C=CC(C)(C)NC(=O)c1cc(NC(O)Cc2cc(Cl)ccc2O)ccn1.